The van der Waals surface area contributed by atoms with E-state index < -0.39 is 16.1 Å². The van der Waals surface area contributed by atoms with E-state index in [1.165, 1.54) is 117 Å². The van der Waals surface area contributed by atoms with Gasteiger partial charge in [0.05, 0.1) is 21.8 Å². The molecule has 0 saturated heterocycles. The van der Waals surface area contributed by atoms with Crippen molar-refractivity contribution in [2.24, 2.45) is 0 Å². The molecule has 0 spiro atoms. The molecule has 0 atom stereocenters. The van der Waals surface area contributed by atoms with Crippen LogP contribution in [0.25, 0.3) is 43.4 Å². The van der Waals surface area contributed by atoms with Crippen molar-refractivity contribution in [3.05, 3.63) is 202 Å². The highest BCUT2D eigenvalue weighted by atomic mass is 28.4. The largest absolute Gasteiger partial charge is 0.310 e. The van der Waals surface area contributed by atoms with Crippen molar-refractivity contribution in [2.75, 3.05) is 9.80 Å². The van der Waals surface area contributed by atoms with Crippen molar-refractivity contribution in [3.63, 3.8) is 0 Å². The summed E-state index contributed by atoms with van der Waals surface area (Å²) < 4.78 is -0.141. The van der Waals surface area contributed by atoms with Crippen LogP contribution < -0.4 is 9.80 Å². The van der Waals surface area contributed by atoms with Gasteiger partial charge in [0.25, 0.3) is 0 Å². The Balaban J connectivity index is 1.36. The molecule has 0 N–H and O–H groups in total. The Hall–Kier alpha value is -6.21. The lowest BCUT2D eigenvalue weighted by Crippen LogP contribution is -2.63. The van der Waals surface area contributed by atoms with Crippen molar-refractivity contribution < 1.29 is 0 Å². The van der Waals surface area contributed by atoms with Gasteiger partial charge in [0.15, 0.2) is 0 Å². The summed E-state index contributed by atoms with van der Waals surface area (Å²) in [4.78, 5) is 5.05. The fraction of sp³-hybridized carbons (Fsp3) is 0.213. The van der Waals surface area contributed by atoms with E-state index in [1.807, 2.05) is 0 Å². The molecule has 0 heterocycles. The Morgan fingerprint density at radius 3 is 1.32 bits per heavy atom. The molecule has 0 radical (unpaired) electrons. The molecule has 2 nitrogen and oxygen atoms in total. The second-order valence-electron chi connectivity index (χ2n) is 21.1. The Kier molecular flexibility index (Phi) is 10.2. The minimum atomic E-state index is -2.17. The molecule has 0 unspecified atom stereocenters. The fourth-order valence-corrected chi connectivity index (χ4v) is 25.1. The summed E-state index contributed by atoms with van der Waals surface area (Å²) in [5, 5.41) is 8.00. The third kappa shape index (κ3) is 6.62. The first-order chi connectivity index (χ1) is 31.0. The Morgan fingerprint density at radius 2 is 0.785 bits per heavy atom. The molecule has 10 rings (SSSR count). The Labute approximate surface area is 389 Å². The average molecular weight is 879 g/mol. The molecule has 0 fully saturated rings. The number of fused-ring (bicyclic) bond motifs is 10. The Morgan fingerprint density at radius 1 is 0.338 bits per heavy atom. The molecule has 65 heavy (non-hydrogen) atoms. The first-order valence-electron chi connectivity index (χ1n) is 23.4. The molecule has 1 aliphatic rings. The maximum absolute atomic E-state index is 2.68. The van der Waals surface area contributed by atoms with Gasteiger partial charge in [-0.1, -0.05) is 154 Å². The van der Waals surface area contributed by atoms with Crippen molar-refractivity contribution in [1.29, 1.82) is 0 Å². The van der Waals surface area contributed by atoms with E-state index in [0.29, 0.717) is 0 Å². The van der Waals surface area contributed by atoms with Crippen LogP contribution >= 0.6 is 0 Å². The summed E-state index contributed by atoms with van der Waals surface area (Å²) in [6, 6.07) is 60.7. The van der Waals surface area contributed by atoms with E-state index in [0.717, 1.165) is 0 Å². The van der Waals surface area contributed by atoms with Crippen molar-refractivity contribution in [3.8, 4) is 11.1 Å². The van der Waals surface area contributed by atoms with Crippen LogP contribution in [0, 0.1) is 41.5 Å². The molecule has 9 aromatic rings. The molecule has 1 aliphatic carbocycles. The smallest absolute Gasteiger partial charge is 0.0579 e. The lowest BCUT2D eigenvalue weighted by atomic mass is 9.89. The van der Waals surface area contributed by atoms with Crippen molar-refractivity contribution in [2.45, 2.75) is 85.5 Å². The minimum Gasteiger partial charge on any atom is -0.310 e. The van der Waals surface area contributed by atoms with Gasteiger partial charge < -0.3 is 9.80 Å². The lowest BCUT2D eigenvalue weighted by molar-refractivity contribution is 0.963. The predicted octanol–water partition coefficient (Wildman–Crippen LogP) is 18.0. The van der Waals surface area contributed by atoms with Crippen LogP contribution in [-0.2, 0) is 4.66 Å². The zero-order valence-electron chi connectivity index (χ0n) is 40.4. The Bertz CT molecular complexity index is 3330. The number of rotatable bonds is 8. The second-order valence-corrected chi connectivity index (χ2v) is 32.1. The van der Waals surface area contributed by atoms with Gasteiger partial charge in [-0.2, -0.15) is 0 Å². The molecule has 0 amide bonds. The predicted molar refractivity (Wildman–Crippen MR) is 290 cm³/mol. The number of hydrogen-bond donors (Lipinski definition) is 0. The molecule has 9 aromatic carbocycles. The van der Waals surface area contributed by atoms with Gasteiger partial charge in [-0.25, -0.2) is 0 Å². The van der Waals surface area contributed by atoms with Crippen LogP contribution in [0.5, 0.6) is 0 Å². The number of anilines is 6. The van der Waals surface area contributed by atoms with Crippen LogP contribution in [0.15, 0.2) is 158 Å². The summed E-state index contributed by atoms with van der Waals surface area (Å²) >= 11 is 0. The average Bonchev–Trinajstić information content (AvgIpc) is 3.61. The normalized spacial score (nSPS) is 13.4. The lowest BCUT2D eigenvalue weighted by Gasteiger charge is -2.52. The number of nitrogens with zero attached hydrogens (tertiary/aromatic N) is 2. The van der Waals surface area contributed by atoms with E-state index in [1.54, 1.807) is 5.56 Å². The maximum Gasteiger partial charge on any atom is 0.0579 e. The van der Waals surface area contributed by atoms with Gasteiger partial charge in [-0.15, -0.1) is 0 Å². The first-order valence-corrected chi connectivity index (χ1v) is 30.4. The minimum absolute atomic E-state index is 0.141. The zero-order chi connectivity index (χ0) is 45.7. The highest BCUT2D eigenvalue weighted by Crippen LogP contribution is 2.64. The number of aryl methyl sites for hydroxylation is 6. The number of benzene rings is 9. The van der Waals surface area contributed by atoms with E-state index in [4.69, 9.17) is 0 Å². The zero-order valence-corrected chi connectivity index (χ0v) is 42.4. The third-order valence-corrected chi connectivity index (χ3v) is 24.6. The van der Waals surface area contributed by atoms with E-state index in [9.17, 15) is 0 Å². The van der Waals surface area contributed by atoms with Gasteiger partial charge in [0, 0.05) is 38.5 Å². The summed E-state index contributed by atoms with van der Waals surface area (Å²) in [6.07, 6.45) is 0. The van der Waals surface area contributed by atoms with Crippen LogP contribution in [0.3, 0.4) is 0 Å². The second kappa shape index (κ2) is 15.5. The maximum atomic E-state index is 2.68. The molecular formula is C61H62N2Si2. The third-order valence-electron chi connectivity index (χ3n) is 14.6. The quantitative estimate of drug-likeness (QED) is 0.111. The van der Waals surface area contributed by atoms with Gasteiger partial charge in [0.1, 0.15) is 0 Å². The molecule has 0 bridgehead atoms. The fourth-order valence-electron chi connectivity index (χ4n) is 12.0. The van der Waals surface area contributed by atoms with Crippen molar-refractivity contribution >= 4 is 82.6 Å². The van der Waals surface area contributed by atoms with Crippen LogP contribution in [0.4, 0.5) is 34.1 Å². The van der Waals surface area contributed by atoms with E-state index >= 15 is 0 Å². The number of hydrogen-bond acceptors (Lipinski definition) is 2. The standard InChI is InChI=1S/C61H62N2Si2/c1-39-23-29-45(30-24-39)62(55-35-41(3)21-27-43(55)5)47-33-34-52-53(37-47)48-17-13-15-19-50(48)59-58-51-20-16-14-18-49(51)57(38-54(58)61(60(52)59,64(7,8)9)65(10,11)12)63(46-31-25-40(2)26-32-46)56-36-42(4)22-28-44(56)6/h13-38H,1-12H3. The van der Waals surface area contributed by atoms with Gasteiger partial charge in [-0.3, -0.25) is 0 Å². The van der Waals surface area contributed by atoms with Crippen LogP contribution in [0.2, 0.25) is 39.3 Å². The summed E-state index contributed by atoms with van der Waals surface area (Å²) in [7, 11) is -4.35. The molecule has 0 aliphatic heterocycles. The summed E-state index contributed by atoms with van der Waals surface area (Å²) in [6.45, 7) is 29.3. The molecular weight excluding hydrogens is 817 g/mol. The van der Waals surface area contributed by atoms with Crippen LogP contribution in [0.1, 0.15) is 44.5 Å². The highest BCUT2D eigenvalue weighted by Gasteiger charge is 2.60. The SMILES string of the molecule is Cc1ccc(N(c2ccc3c4c(c5ccccc5c3c2)-c2c(cc(N(c3ccc(C)cc3)c3cc(C)ccc3C)c3ccccc23)C4([Si](C)(C)C)[Si](C)(C)C)c2cc(C)ccc2C)cc1. The molecule has 324 valence electrons. The molecule has 0 aromatic heterocycles. The van der Waals surface area contributed by atoms with Gasteiger partial charge in [0.2, 0.25) is 0 Å². The first kappa shape index (κ1) is 42.7. The van der Waals surface area contributed by atoms with Crippen molar-refractivity contribution in [1.82, 2.24) is 0 Å². The monoisotopic (exact) mass is 878 g/mol. The topological polar surface area (TPSA) is 6.48 Å². The van der Waals surface area contributed by atoms with E-state index in [-0.39, 0.29) is 4.66 Å². The molecule has 0 saturated carbocycles. The van der Waals surface area contributed by atoms with Gasteiger partial charge >= 0.3 is 0 Å². The van der Waals surface area contributed by atoms with E-state index in [2.05, 4.69) is 248 Å². The molecule has 4 heteroatoms. The highest BCUT2D eigenvalue weighted by molar-refractivity contribution is 7.00. The van der Waals surface area contributed by atoms with Crippen LogP contribution in [-0.4, -0.2) is 16.1 Å². The van der Waals surface area contributed by atoms with Gasteiger partial charge in [-0.05, 0) is 168 Å². The summed E-state index contributed by atoms with van der Waals surface area (Å²) in [5.74, 6) is 0. The summed E-state index contributed by atoms with van der Waals surface area (Å²) in [5.41, 5.74) is 20.8.